The maximum absolute atomic E-state index is 11.0. The number of carbonyl (C=O) groups is 1. The van der Waals surface area contributed by atoms with E-state index in [9.17, 15) is 4.79 Å². The Hall–Kier alpha value is -0.830. The standard InChI is InChI=1S/C8H14N2O/c9-5-1-2-6-10-8(11)7-3-4-7/h1-2,7H,3-6,9H2,(H,10,11)/b2-1+. The van der Waals surface area contributed by atoms with Crippen molar-refractivity contribution in [3.05, 3.63) is 12.2 Å². The minimum atomic E-state index is 0.187. The topological polar surface area (TPSA) is 55.1 Å². The van der Waals surface area contributed by atoms with Gasteiger partial charge in [-0.05, 0) is 12.8 Å². The fourth-order valence-electron chi connectivity index (χ4n) is 0.829. The Balaban J connectivity index is 2.01. The van der Waals surface area contributed by atoms with Gasteiger partial charge in [-0.15, -0.1) is 0 Å². The molecule has 1 fully saturated rings. The van der Waals surface area contributed by atoms with Crippen LogP contribution in [0.15, 0.2) is 12.2 Å². The van der Waals surface area contributed by atoms with Crippen LogP contribution in [0.5, 0.6) is 0 Å². The molecule has 1 saturated carbocycles. The van der Waals surface area contributed by atoms with Crippen LogP contribution in [0.1, 0.15) is 12.8 Å². The number of carbonyl (C=O) groups excluding carboxylic acids is 1. The van der Waals surface area contributed by atoms with Crippen molar-refractivity contribution in [3.8, 4) is 0 Å². The first-order valence-corrected chi connectivity index (χ1v) is 3.97. The van der Waals surface area contributed by atoms with E-state index in [1.54, 1.807) is 0 Å². The first-order valence-electron chi connectivity index (χ1n) is 3.97. The van der Waals surface area contributed by atoms with Gasteiger partial charge in [0.2, 0.25) is 5.91 Å². The first kappa shape index (κ1) is 8.27. The zero-order valence-corrected chi connectivity index (χ0v) is 6.55. The lowest BCUT2D eigenvalue weighted by Crippen LogP contribution is -2.24. The summed E-state index contributed by atoms with van der Waals surface area (Å²) in [6.45, 7) is 1.16. The summed E-state index contributed by atoms with van der Waals surface area (Å²) < 4.78 is 0. The summed E-state index contributed by atoms with van der Waals surface area (Å²) in [5.41, 5.74) is 5.22. The van der Waals surface area contributed by atoms with Crippen molar-refractivity contribution in [2.24, 2.45) is 11.7 Å². The zero-order valence-electron chi connectivity index (χ0n) is 6.55. The third-order valence-corrected chi connectivity index (χ3v) is 1.65. The van der Waals surface area contributed by atoms with Gasteiger partial charge in [0.15, 0.2) is 0 Å². The molecule has 0 saturated heterocycles. The molecular weight excluding hydrogens is 140 g/mol. The Kier molecular flexibility index (Phi) is 3.11. The van der Waals surface area contributed by atoms with E-state index in [4.69, 9.17) is 5.73 Å². The molecule has 0 aliphatic heterocycles. The van der Waals surface area contributed by atoms with Crippen LogP contribution in [0.4, 0.5) is 0 Å². The second-order valence-corrected chi connectivity index (χ2v) is 2.73. The van der Waals surface area contributed by atoms with Crippen molar-refractivity contribution >= 4 is 5.91 Å². The highest BCUT2D eigenvalue weighted by atomic mass is 16.2. The fraction of sp³-hybridized carbons (Fsp3) is 0.625. The van der Waals surface area contributed by atoms with Crippen molar-refractivity contribution in [1.82, 2.24) is 5.32 Å². The predicted molar refractivity (Wildman–Crippen MR) is 43.9 cm³/mol. The van der Waals surface area contributed by atoms with E-state index in [0.29, 0.717) is 19.0 Å². The van der Waals surface area contributed by atoms with Gasteiger partial charge in [-0.2, -0.15) is 0 Å². The average molecular weight is 154 g/mol. The molecule has 0 spiro atoms. The molecule has 0 aromatic carbocycles. The van der Waals surface area contributed by atoms with Crippen LogP contribution in [0.3, 0.4) is 0 Å². The summed E-state index contributed by atoms with van der Waals surface area (Å²) in [5.74, 6) is 0.493. The van der Waals surface area contributed by atoms with Gasteiger partial charge in [-0.1, -0.05) is 12.2 Å². The van der Waals surface area contributed by atoms with Crippen LogP contribution in [-0.4, -0.2) is 19.0 Å². The molecule has 11 heavy (non-hydrogen) atoms. The number of nitrogens with one attached hydrogen (secondary N) is 1. The normalized spacial score (nSPS) is 17.2. The van der Waals surface area contributed by atoms with Crippen molar-refractivity contribution < 1.29 is 4.79 Å². The third kappa shape index (κ3) is 3.18. The fourth-order valence-corrected chi connectivity index (χ4v) is 0.829. The van der Waals surface area contributed by atoms with Gasteiger partial charge >= 0.3 is 0 Å². The van der Waals surface area contributed by atoms with Gasteiger partial charge in [0.1, 0.15) is 0 Å². The number of hydrogen-bond donors (Lipinski definition) is 2. The molecule has 0 radical (unpaired) electrons. The smallest absolute Gasteiger partial charge is 0.223 e. The summed E-state index contributed by atoms with van der Waals surface area (Å²) >= 11 is 0. The molecule has 1 aliphatic carbocycles. The van der Waals surface area contributed by atoms with E-state index in [0.717, 1.165) is 12.8 Å². The lowest BCUT2D eigenvalue weighted by molar-refractivity contribution is -0.122. The van der Waals surface area contributed by atoms with Crippen LogP contribution in [0.25, 0.3) is 0 Å². The van der Waals surface area contributed by atoms with E-state index < -0.39 is 0 Å². The molecule has 3 heteroatoms. The van der Waals surface area contributed by atoms with Gasteiger partial charge in [-0.25, -0.2) is 0 Å². The van der Waals surface area contributed by atoms with Crippen LogP contribution in [0.2, 0.25) is 0 Å². The van der Waals surface area contributed by atoms with Crippen molar-refractivity contribution in [2.75, 3.05) is 13.1 Å². The Morgan fingerprint density at radius 1 is 1.55 bits per heavy atom. The molecule has 3 N–H and O–H groups in total. The Morgan fingerprint density at radius 2 is 2.27 bits per heavy atom. The molecule has 1 aliphatic rings. The second kappa shape index (κ2) is 4.13. The van der Waals surface area contributed by atoms with Gasteiger partial charge in [0.25, 0.3) is 0 Å². The Labute approximate surface area is 66.6 Å². The second-order valence-electron chi connectivity index (χ2n) is 2.73. The van der Waals surface area contributed by atoms with Crippen molar-refractivity contribution in [3.63, 3.8) is 0 Å². The molecule has 3 nitrogen and oxygen atoms in total. The molecule has 0 unspecified atom stereocenters. The minimum absolute atomic E-state index is 0.187. The largest absolute Gasteiger partial charge is 0.352 e. The SMILES string of the molecule is NC/C=C/CNC(=O)C1CC1. The van der Waals surface area contributed by atoms with E-state index in [1.807, 2.05) is 12.2 Å². The highest BCUT2D eigenvalue weighted by Crippen LogP contribution is 2.28. The molecule has 1 amide bonds. The van der Waals surface area contributed by atoms with Gasteiger partial charge in [0.05, 0.1) is 0 Å². The number of nitrogens with two attached hydrogens (primary N) is 1. The first-order chi connectivity index (χ1) is 5.34. The summed E-state index contributed by atoms with van der Waals surface area (Å²) in [6, 6.07) is 0. The van der Waals surface area contributed by atoms with Crippen LogP contribution in [0, 0.1) is 5.92 Å². The lowest BCUT2D eigenvalue weighted by Gasteiger charge is -1.97. The number of hydrogen-bond acceptors (Lipinski definition) is 2. The van der Waals surface area contributed by atoms with Crippen LogP contribution in [-0.2, 0) is 4.79 Å². The Morgan fingerprint density at radius 3 is 2.82 bits per heavy atom. The molecule has 0 aromatic rings. The van der Waals surface area contributed by atoms with E-state index in [-0.39, 0.29) is 5.91 Å². The molecule has 1 rings (SSSR count). The molecule has 0 atom stereocenters. The predicted octanol–water partition coefficient (Wildman–Crippen LogP) is 0.0275. The van der Waals surface area contributed by atoms with Gasteiger partial charge < -0.3 is 11.1 Å². The molecule has 0 bridgehead atoms. The quantitative estimate of drug-likeness (QED) is 0.561. The minimum Gasteiger partial charge on any atom is -0.352 e. The van der Waals surface area contributed by atoms with Gasteiger partial charge in [-0.3, -0.25) is 4.79 Å². The van der Waals surface area contributed by atoms with E-state index in [2.05, 4.69) is 5.32 Å². The van der Waals surface area contributed by atoms with E-state index >= 15 is 0 Å². The van der Waals surface area contributed by atoms with E-state index in [1.165, 1.54) is 0 Å². The monoisotopic (exact) mass is 154 g/mol. The zero-order chi connectivity index (χ0) is 8.10. The highest BCUT2D eigenvalue weighted by molar-refractivity contribution is 5.80. The lowest BCUT2D eigenvalue weighted by atomic mass is 10.4. The maximum Gasteiger partial charge on any atom is 0.223 e. The third-order valence-electron chi connectivity index (χ3n) is 1.65. The molecule has 0 heterocycles. The number of amides is 1. The van der Waals surface area contributed by atoms with Crippen molar-refractivity contribution in [2.45, 2.75) is 12.8 Å². The summed E-state index contributed by atoms with van der Waals surface area (Å²) in [5, 5.41) is 2.80. The molecular formula is C8H14N2O. The van der Waals surface area contributed by atoms with Crippen LogP contribution < -0.4 is 11.1 Å². The maximum atomic E-state index is 11.0. The van der Waals surface area contributed by atoms with Crippen LogP contribution >= 0.6 is 0 Å². The highest BCUT2D eigenvalue weighted by Gasteiger charge is 2.28. The number of rotatable bonds is 4. The summed E-state index contributed by atoms with van der Waals surface area (Å²) in [7, 11) is 0. The van der Waals surface area contributed by atoms with Crippen molar-refractivity contribution in [1.29, 1.82) is 0 Å². The molecule has 62 valence electrons. The molecule has 0 aromatic heterocycles. The average Bonchev–Trinajstić information content (AvgIpc) is 2.79. The van der Waals surface area contributed by atoms with Gasteiger partial charge in [0, 0.05) is 19.0 Å². The summed E-state index contributed by atoms with van der Waals surface area (Å²) in [4.78, 5) is 11.0. The summed E-state index contributed by atoms with van der Waals surface area (Å²) in [6.07, 6.45) is 5.84. The Bertz CT molecular complexity index is 161.